The fourth-order valence-electron chi connectivity index (χ4n) is 2.76. The van der Waals surface area contributed by atoms with Crippen molar-refractivity contribution in [1.29, 1.82) is 0 Å². The number of hydrogen-bond acceptors (Lipinski definition) is 3. The molecule has 3 rings (SSSR count). The monoisotopic (exact) mass is 274 g/mol. The number of benzene rings is 1. The lowest BCUT2D eigenvalue weighted by Crippen LogP contribution is -2.51. The predicted octanol–water partition coefficient (Wildman–Crippen LogP) is 2.33. The van der Waals surface area contributed by atoms with Crippen LogP contribution in [0, 0.1) is 0 Å². The summed E-state index contributed by atoms with van der Waals surface area (Å²) in [4.78, 5) is 14.5. The van der Waals surface area contributed by atoms with Gasteiger partial charge in [-0.25, -0.2) is 0 Å². The van der Waals surface area contributed by atoms with Crippen LogP contribution < -0.4 is 15.0 Å². The predicted molar refractivity (Wildman–Crippen MR) is 79.1 cm³/mol. The Bertz CT molecular complexity index is 485. The number of rotatable bonds is 5. The number of nitrogens with one attached hydrogen (secondary N) is 1. The van der Waals surface area contributed by atoms with Gasteiger partial charge in [-0.15, -0.1) is 0 Å². The van der Waals surface area contributed by atoms with Gasteiger partial charge < -0.3 is 15.0 Å². The van der Waals surface area contributed by atoms with Crippen molar-refractivity contribution in [2.75, 3.05) is 18.1 Å². The van der Waals surface area contributed by atoms with Gasteiger partial charge in [0.25, 0.3) is 0 Å². The molecular weight excluding hydrogens is 252 g/mol. The maximum Gasteiger partial charge on any atom is 0.244 e. The Morgan fingerprint density at radius 2 is 2.10 bits per heavy atom. The molecule has 1 saturated heterocycles. The second-order valence-electron chi connectivity index (χ2n) is 5.53. The third-order valence-electron chi connectivity index (χ3n) is 3.91. The number of para-hydroxylation sites is 2. The summed E-state index contributed by atoms with van der Waals surface area (Å²) in [6, 6.07) is 8.36. The van der Waals surface area contributed by atoms with E-state index in [-0.39, 0.29) is 11.9 Å². The molecule has 4 nitrogen and oxygen atoms in total. The second-order valence-corrected chi connectivity index (χ2v) is 5.53. The fraction of sp³-hybridized carbons (Fsp3) is 0.562. The molecule has 0 spiro atoms. The Balaban J connectivity index is 1.79. The van der Waals surface area contributed by atoms with Gasteiger partial charge in [0.1, 0.15) is 5.75 Å². The molecule has 2 fully saturated rings. The van der Waals surface area contributed by atoms with Crippen LogP contribution in [0.25, 0.3) is 0 Å². The first-order chi connectivity index (χ1) is 9.79. The van der Waals surface area contributed by atoms with Crippen LogP contribution in [0.2, 0.25) is 0 Å². The minimum absolute atomic E-state index is 0.0223. The van der Waals surface area contributed by atoms with Gasteiger partial charge in [-0.3, -0.25) is 4.79 Å². The molecule has 0 bridgehead atoms. The van der Waals surface area contributed by atoms with Crippen molar-refractivity contribution in [1.82, 2.24) is 5.32 Å². The maximum absolute atomic E-state index is 12.7. The lowest BCUT2D eigenvalue weighted by Gasteiger charge is -2.33. The summed E-state index contributed by atoms with van der Waals surface area (Å²) in [7, 11) is 0. The van der Waals surface area contributed by atoms with Crippen LogP contribution in [-0.4, -0.2) is 31.1 Å². The zero-order valence-corrected chi connectivity index (χ0v) is 12.0. The van der Waals surface area contributed by atoms with E-state index < -0.39 is 0 Å². The van der Waals surface area contributed by atoms with E-state index in [0.717, 1.165) is 30.8 Å². The van der Waals surface area contributed by atoms with Crippen molar-refractivity contribution in [2.45, 2.75) is 44.7 Å². The molecule has 1 N–H and O–H groups in total. The highest BCUT2D eigenvalue weighted by Crippen LogP contribution is 2.31. The molecule has 108 valence electrons. The topological polar surface area (TPSA) is 41.6 Å². The summed E-state index contributed by atoms with van der Waals surface area (Å²) < 4.78 is 5.65. The standard InChI is InChI=1S/C16H22N2O2/c1-2-20-15-8-4-3-7-14(15)18-11-5-6-13(16(18)19)17-12-9-10-12/h3-4,7-8,12-13,17H,2,5-6,9-11H2,1H3. The number of nitrogens with zero attached hydrogens (tertiary/aromatic N) is 1. The summed E-state index contributed by atoms with van der Waals surface area (Å²) in [5.41, 5.74) is 0.904. The number of hydrogen-bond donors (Lipinski definition) is 1. The highest BCUT2D eigenvalue weighted by molar-refractivity contribution is 5.99. The molecular formula is C16H22N2O2. The number of amides is 1. The summed E-state index contributed by atoms with van der Waals surface area (Å²) in [6.07, 6.45) is 4.40. The van der Waals surface area contributed by atoms with Crippen molar-refractivity contribution in [2.24, 2.45) is 0 Å². The molecule has 1 aromatic rings. The van der Waals surface area contributed by atoms with E-state index >= 15 is 0 Å². The summed E-state index contributed by atoms with van der Waals surface area (Å²) >= 11 is 0. The fourth-order valence-corrected chi connectivity index (χ4v) is 2.76. The normalized spacial score (nSPS) is 22.9. The molecule has 0 radical (unpaired) electrons. The molecule has 1 aromatic carbocycles. The second kappa shape index (κ2) is 5.83. The molecule has 20 heavy (non-hydrogen) atoms. The SMILES string of the molecule is CCOc1ccccc1N1CCCC(NC2CC2)C1=O. The van der Waals surface area contributed by atoms with E-state index in [1.165, 1.54) is 12.8 Å². The Morgan fingerprint density at radius 3 is 2.85 bits per heavy atom. The first-order valence-corrected chi connectivity index (χ1v) is 7.59. The molecule has 0 aromatic heterocycles. The third-order valence-corrected chi connectivity index (χ3v) is 3.91. The van der Waals surface area contributed by atoms with Crippen LogP contribution >= 0.6 is 0 Å². The first kappa shape index (κ1) is 13.4. The van der Waals surface area contributed by atoms with E-state index in [4.69, 9.17) is 4.74 Å². The average molecular weight is 274 g/mol. The Kier molecular flexibility index (Phi) is 3.92. The van der Waals surface area contributed by atoms with Gasteiger partial charge in [0.05, 0.1) is 18.3 Å². The molecule has 1 aliphatic carbocycles. The van der Waals surface area contributed by atoms with Crippen molar-refractivity contribution in [3.8, 4) is 5.75 Å². The van der Waals surface area contributed by atoms with Gasteiger partial charge in [0.2, 0.25) is 5.91 Å². The number of piperidine rings is 1. The van der Waals surface area contributed by atoms with Crippen LogP contribution in [-0.2, 0) is 4.79 Å². The Hall–Kier alpha value is -1.55. The van der Waals surface area contributed by atoms with E-state index in [0.29, 0.717) is 12.6 Å². The van der Waals surface area contributed by atoms with Gasteiger partial charge in [-0.1, -0.05) is 12.1 Å². The van der Waals surface area contributed by atoms with E-state index in [9.17, 15) is 4.79 Å². The third kappa shape index (κ3) is 2.80. The minimum atomic E-state index is -0.0223. The van der Waals surface area contributed by atoms with Gasteiger partial charge >= 0.3 is 0 Å². The number of ether oxygens (including phenoxy) is 1. The Labute approximate surface area is 120 Å². The molecule has 1 unspecified atom stereocenters. The lowest BCUT2D eigenvalue weighted by molar-refractivity contribution is -0.121. The summed E-state index contributed by atoms with van der Waals surface area (Å²) in [5.74, 6) is 0.991. The number of carbonyl (C=O) groups excluding carboxylic acids is 1. The molecule has 1 amide bonds. The molecule has 2 aliphatic rings. The highest BCUT2D eigenvalue weighted by Gasteiger charge is 2.34. The van der Waals surface area contributed by atoms with Crippen LogP contribution in [0.4, 0.5) is 5.69 Å². The van der Waals surface area contributed by atoms with Crippen LogP contribution in [0.5, 0.6) is 5.75 Å². The maximum atomic E-state index is 12.7. The van der Waals surface area contributed by atoms with Crippen molar-refractivity contribution in [3.63, 3.8) is 0 Å². The number of carbonyl (C=O) groups is 1. The van der Waals surface area contributed by atoms with E-state index in [2.05, 4.69) is 5.32 Å². The molecule has 1 heterocycles. The van der Waals surface area contributed by atoms with Gasteiger partial charge in [0, 0.05) is 12.6 Å². The molecule has 1 saturated carbocycles. The minimum Gasteiger partial charge on any atom is -0.492 e. The average Bonchev–Trinajstić information content (AvgIpc) is 3.27. The van der Waals surface area contributed by atoms with Crippen LogP contribution in [0.15, 0.2) is 24.3 Å². The van der Waals surface area contributed by atoms with Crippen molar-refractivity contribution >= 4 is 11.6 Å². The van der Waals surface area contributed by atoms with Crippen molar-refractivity contribution in [3.05, 3.63) is 24.3 Å². The van der Waals surface area contributed by atoms with E-state index in [1.807, 2.05) is 36.1 Å². The quantitative estimate of drug-likeness (QED) is 0.896. The molecule has 1 atom stereocenters. The largest absolute Gasteiger partial charge is 0.492 e. The first-order valence-electron chi connectivity index (χ1n) is 7.59. The highest BCUT2D eigenvalue weighted by atomic mass is 16.5. The molecule has 4 heteroatoms. The van der Waals surface area contributed by atoms with Gasteiger partial charge in [-0.05, 0) is 44.7 Å². The summed E-state index contributed by atoms with van der Waals surface area (Å²) in [6.45, 7) is 3.36. The van der Waals surface area contributed by atoms with Crippen LogP contribution in [0.3, 0.4) is 0 Å². The zero-order valence-electron chi connectivity index (χ0n) is 12.0. The van der Waals surface area contributed by atoms with Crippen LogP contribution in [0.1, 0.15) is 32.6 Å². The number of anilines is 1. The van der Waals surface area contributed by atoms with Gasteiger partial charge in [-0.2, -0.15) is 0 Å². The molecule has 1 aliphatic heterocycles. The lowest BCUT2D eigenvalue weighted by atomic mass is 10.0. The van der Waals surface area contributed by atoms with Gasteiger partial charge in [0.15, 0.2) is 0 Å². The smallest absolute Gasteiger partial charge is 0.244 e. The zero-order chi connectivity index (χ0) is 13.9. The van der Waals surface area contributed by atoms with Crippen molar-refractivity contribution < 1.29 is 9.53 Å². The summed E-state index contributed by atoms with van der Waals surface area (Å²) in [5, 5.41) is 3.46. The van der Waals surface area contributed by atoms with E-state index in [1.54, 1.807) is 0 Å². The Morgan fingerprint density at radius 1 is 1.30 bits per heavy atom.